The first-order chi connectivity index (χ1) is 9.27. The maximum atomic E-state index is 12.6. The highest BCUT2D eigenvalue weighted by Crippen LogP contribution is 2.30. The van der Waals surface area contributed by atoms with E-state index in [-0.39, 0.29) is 10.8 Å². The van der Waals surface area contributed by atoms with Crippen molar-refractivity contribution in [2.45, 2.75) is 25.9 Å². The zero-order valence-electron chi connectivity index (χ0n) is 10.9. The maximum absolute atomic E-state index is 12.6. The van der Waals surface area contributed by atoms with E-state index in [2.05, 4.69) is 9.97 Å². The average Bonchev–Trinajstić information content (AvgIpc) is 2.37. The number of halogens is 4. The molecule has 1 heterocycles. The molecule has 1 aromatic heterocycles. The first-order valence-electron chi connectivity index (χ1n) is 5.99. The van der Waals surface area contributed by atoms with Gasteiger partial charge in [-0.2, -0.15) is 13.2 Å². The van der Waals surface area contributed by atoms with E-state index in [1.54, 1.807) is 12.1 Å². The van der Waals surface area contributed by atoms with Gasteiger partial charge in [-0.05, 0) is 11.5 Å². The Bertz CT molecular complexity index is 607. The minimum Gasteiger partial charge on any atom is -0.224 e. The first-order valence-corrected chi connectivity index (χ1v) is 6.37. The Morgan fingerprint density at radius 1 is 1.05 bits per heavy atom. The van der Waals surface area contributed by atoms with E-state index in [4.69, 9.17) is 11.6 Å². The fraction of sp³-hybridized carbons (Fsp3) is 0.286. The Morgan fingerprint density at radius 3 is 2.15 bits per heavy atom. The van der Waals surface area contributed by atoms with Crippen molar-refractivity contribution in [3.8, 4) is 11.3 Å². The van der Waals surface area contributed by atoms with Crippen molar-refractivity contribution in [2.75, 3.05) is 0 Å². The van der Waals surface area contributed by atoms with E-state index in [0.717, 1.165) is 5.56 Å². The maximum Gasteiger partial charge on any atom is 0.451 e. The molecule has 20 heavy (non-hydrogen) atoms. The van der Waals surface area contributed by atoms with Gasteiger partial charge in [0.2, 0.25) is 5.82 Å². The summed E-state index contributed by atoms with van der Waals surface area (Å²) in [5.74, 6) is -0.878. The summed E-state index contributed by atoms with van der Waals surface area (Å²) >= 11 is 5.64. The van der Waals surface area contributed by atoms with Crippen molar-refractivity contribution in [2.24, 2.45) is 0 Å². The molecule has 2 aromatic rings. The Morgan fingerprint density at radius 2 is 1.65 bits per heavy atom. The lowest BCUT2D eigenvalue weighted by atomic mass is 10.0. The molecule has 0 radical (unpaired) electrons. The standard InChI is InChI=1S/C14H12ClF3N2/c1-8(2)9-3-5-10(6-4-9)11-7-12(15)20-13(19-11)14(16,17)18/h3-8H,1-2H3. The largest absolute Gasteiger partial charge is 0.451 e. The van der Waals surface area contributed by atoms with E-state index in [1.165, 1.54) is 6.07 Å². The van der Waals surface area contributed by atoms with Gasteiger partial charge in [0.25, 0.3) is 0 Å². The minimum absolute atomic E-state index is 0.160. The van der Waals surface area contributed by atoms with E-state index in [1.807, 2.05) is 26.0 Å². The Balaban J connectivity index is 2.44. The molecule has 0 atom stereocenters. The van der Waals surface area contributed by atoms with Gasteiger partial charge in [0.1, 0.15) is 5.15 Å². The third-order valence-electron chi connectivity index (χ3n) is 2.82. The zero-order chi connectivity index (χ0) is 14.9. The molecule has 0 saturated heterocycles. The smallest absolute Gasteiger partial charge is 0.224 e. The summed E-state index contributed by atoms with van der Waals surface area (Å²) in [6.45, 7) is 4.08. The highest BCUT2D eigenvalue weighted by Gasteiger charge is 2.35. The molecular formula is C14H12ClF3N2. The van der Waals surface area contributed by atoms with Crippen LogP contribution in [0.1, 0.15) is 31.2 Å². The molecule has 106 valence electrons. The Labute approximate surface area is 119 Å². The number of nitrogens with zero attached hydrogens (tertiary/aromatic N) is 2. The summed E-state index contributed by atoms with van der Waals surface area (Å²) in [6.07, 6.45) is -4.61. The molecule has 0 unspecified atom stereocenters. The second-order valence-electron chi connectivity index (χ2n) is 4.67. The van der Waals surface area contributed by atoms with Crippen molar-refractivity contribution in [3.05, 3.63) is 46.9 Å². The van der Waals surface area contributed by atoms with Crippen LogP contribution in [0.4, 0.5) is 13.2 Å². The molecule has 0 aliphatic rings. The topological polar surface area (TPSA) is 25.8 Å². The third-order valence-corrected chi connectivity index (χ3v) is 3.02. The molecule has 0 aliphatic carbocycles. The van der Waals surface area contributed by atoms with Crippen molar-refractivity contribution < 1.29 is 13.2 Å². The Hall–Kier alpha value is -1.62. The van der Waals surface area contributed by atoms with Gasteiger partial charge in [-0.15, -0.1) is 0 Å². The molecule has 1 aromatic carbocycles. The summed E-state index contributed by atoms with van der Waals surface area (Å²) in [4.78, 5) is 6.73. The highest BCUT2D eigenvalue weighted by atomic mass is 35.5. The summed E-state index contributed by atoms with van der Waals surface area (Å²) in [7, 11) is 0. The third kappa shape index (κ3) is 3.28. The lowest BCUT2D eigenvalue weighted by molar-refractivity contribution is -0.144. The Kier molecular flexibility index (Phi) is 3.99. The average molecular weight is 301 g/mol. The van der Waals surface area contributed by atoms with Crippen LogP contribution in [0.2, 0.25) is 5.15 Å². The molecule has 0 N–H and O–H groups in total. The normalized spacial score (nSPS) is 11.9. The van der Waals surface area contributed by atoms with E-state index in [9.17, 15) is 13.2 Å². The predicted octanol–water partition coefficient (Wildman–Crippen LogP) is 4.94. The number of hydrogen-bond donors (Lipinski definition) is 0. The van der Waals surface area contributed by atoms with Crippen molar-refractivity contribution >= 4 is 11.6 Å². The molecule has 0 fully saturated rings. The van der Waals surface area contributed by atoms with Gasteiger partial charge in [-0.3, -0.25) is 0 Å². The lowest BCUT2D eigenvalue weighted by Gasteiger charge is -2.09. The number of rotatable bonds is 2. The van der Waals surface area contributed by atoms with Crippen molar-refractivity contribution in [1.82, 2.24) is 9.97 Å². The second-order valence-corrected chi connectivity index (χ2v) is 5.06. The molecule has 0 saturated carbocycles. The van der Waals surface area contributed by atoms with Crippen LogP contribution in [0.25, 0.3) is 11.3 Å². The van der Waals surface area contributed by atoms with E-state index < -0.39 is 12.0 Å². The number of aromatic nitrogens is 2. The van der Waals surface area contributed by atoms with E-state index >= 15 is 0 Å². The highest BCUT2D eigenvalue weighted by molar-refractivity contribution is 6.29. The molecule has 6 heteroatoms. The first kappa shape index (κ1) is 14.8. The van der Waals surface area contributed by atoms with Crippen LogP contribution in [-0.4, -0.2) is 9.97 Å². The van der Waals surface area contributed by atoms with Gasteiger partial charge in [-0.25, -0.2) is 9.97 Å². The number of benzene rings is 1. The molecule has 0 spiro atoms. The van der Waals surface area contributed by atoms with Crippen LogP contribution < -0.4 is 0 Å². The van der Waals surface area contributed by atoms with Crippen LogP contribution >= 0.6 is 11.6 Å². The SMILES string of the molecule is CC(C)c1ccc(-c2cc(Cl)nc(C(F)(F)F)n2)cc1. The van der Waals surface area contributed by atoms with Crippen LogP contribution in [0, 0.1) is 0 Å². The van der Waals surface area contributed by atoms with Gasteiger partial charge < -0.3 is 0 Å². The lowest BCUT2D eigenvalue weighted by Crippen LogP contribution is -2.11. The second kappa shape index (κ2) is 5.40. The molecule has 2 rings (SSSR count). The van der Waals surface area contributed by atoms with Crippen LogP contribution in [0.15, 0.2) is 30.3 Å². The number of alkyl halides is 3. The zero-order valence-corrected chi connectivity index (χ0v) is 11.6. The van der Waals surface area contributed by atoms with Crippen LogP contribution in [0.5, 0.6) is 0 Å². The fourth-order valence-corrected chi connectivity index (χ4v) is 1.91. The molecule has 0 amide bonds. The van der Waals surface area contributed by atoms with Gasteiger partial charge in [0, 0.05) is 11.6 Å². The van der Waals surface area contributed by atoms with Gasteiger partial charge >= 0.3 is 6.18 Å². The fourth-order valence-electron chi connectivity index (χ4n) is 1.73. The van der Waals surface area contributed by atoms with E-state index in [0.29, 0.717) is 11.5 Å². The molecule has 0 bridgehead atoms. The van der Waals surface area contributed by atoms with Gasteiger partial charge in [-0.1, -0.05) is 49.7 Å². The van der Waals surface area contributed by atoms with Crippen LogP contribution in [0.3, 0.4) is 0 Å². The predicted molar refractivity (Wildman–Crippen MR) is 71.6 cm³/mol. The molecule has 2 nitrogen and oxygen atoms in total. The molecule has 0 aliphatic heterocycles. The van der Waals surface area contributed by atoms with Crippen LogP contribution in [-0.2, 0) is 6.18 Å². The van der Waals surface area contributed by atoms with Crippen molar-refractivity contribution in [1.29, 1.82) is 0 Å². The molecular weight excluding hydrogens is 289 g/mol. The number of hydrogen-bond acceptors (Lipinski definition) is 2. The van der Waals surface area contributed by atoms with Gasteiger partial charge in [0.15, 0.2) is 0 Å². The monoisotopic (exact) mass is 300 g/mol. The minimum atomic E-state index is -4.61. The summed E-state index contributed by atoms with van der Waals surface area (Å²) in [6, 6.07) is 8.51. The van der Waals surface area contributed by atoms with Crippen molar-refractivity contribution in [3.63, 3.8) is 0 Å². The summed E-state index contributed by atoms with van der Waals surface area (Å²) < 4.78 is 37.9. The van der Waals surface area contributed by atoms with Gasteiger partial charge in [0.05, 0.1) is 5.69 Å². The summed E-state index contributed by atoms with van der Waals surface area (Å²) in [5.41, 5.74) is 1.83. The quantitative estimate of drug-likeness (QED) is 0.734. The summed E-state index contributed by atoms with van der Waals surface area (Å²) in [5, 5.41) is -0.227.